The maximum absolute atomic E-state index is 2.40. The van der Waals surface area contributed by atoms with Crippen LogP contribution >= 0.6 is 11.3 Å². The van der Waals surface area contributed by atoms with Crippen molar-refractivity contribution in [1.82, 2.24) is 0 Å². The van der Waals surface area contributed by atoms with Crippen molar-refractivity contribution < 1.29 is 0 Å². The quantitative estimate of drug-likeness (QED) is 0.176. The molecule has 0 saturated heterocycles. The van der Waals surface area contributed by atoms with Gasteiger partial charge in [-0.1, -0.05) is 135 Å². The largest absolute Gasteiger partial charge is 0.310 e. The number of hydrogen-bond acceptors (Lipinski definition) is 2. The molecule has 9 aromatic rings. The second-order valence-corrected chi connectivity index (χ2v) is 15.2. The molecule has 0 aliphatic heterocycles. The molecule has 1 aliphatic rings. The number of fused-ring (bicyclic) bond motifs is 7. The van der Waals surface area contributed by atoms with Crippen molar-refractivity contribution in [2.75, 3.05) is 4.90 Å². The van der Waals surface area contributed by atoms with E-state index in [1.807, 2.05) is 11.3 Å². The first-order valence-corrected chi connectivity index (χ1v) is 18.5. The Kier molecular flexibility index (Phi) is 6.78. The van der Waals surface area contributed by atoms with E-state index in [0.29, 0.717) is 0 Å². The van der Waals surface area contributed by atoms with Gasteiger partial charge in [-0.25, -0.2) is 0 Å². The van der Waals surface area contributed by atoms with E-state index in [9.17, 15) is 0 Å². The molecule has 0 amide bonds. The number of hydrogen-bond donors (Lipinski definition) is 0. The minimum atomic E-state index is -0.0253. The van der Waals surface area contributed by atoms with Crippen molar-refractivity contribution in [2.45, 2.75) is 19.3 Å². The molecule has 0 bridgehead atoms. The lowest BCUT2D eigenvalue weighted by molar-refractivity contribution is 0.660. The number of para-hydroxylation sites is 1. The predicted octanol–water partition coefficient (Wildman–Crippen LogP) is 14.3. The highest BCUT2D eigenvalue weighted by Crippen LogP contribution is 2.50. The third-order valence-electron chi connectivity index (χ3n) is 10.9. The van der Waals surface area contributed by atoms with Gasteiger partial charge in [0, 0.05) is 42.3 Å². The predicted molar refractivity (Wildman–Crippen MR) is 220 cm³/mol. The molecule has 0 fully saturated rings. The summed E-state index contributed by atoms with van der Waals surface area (Å²) in [6.07, 6.45) is 0. The summed E-state index contributed by atoms with van der Waals surface area (Å²) in [5.41, 5.74) is 13.9. The van der Waals surface area contributed by atoms with Gasteiger partial charge in [-0.05, 0) is 104 Å². The van der Waals surface area contributed by atoms with Gasteiger partial charge < -0.3 is 4.90 Å². The van der Waals surface area contributed by atoms with Crippen LogP contribution in [0.3, 0.4) is 0 Å². The summed E-state index contributed by atoms with van der Waals surface area (Å²) in [6.45, 7) is 4.70. The molecule has 2 heteroatoms. The van der Waals surface area contributed by atoms with E-state index in [4.69, 9.17) is 0 Å². The summed E-state index contributed by atoms with van der Waals surface area (Å²) in [5.74, 6) is 0. The molecule has 0 unspecified atom stereocenters. The number of thiophene rings is 1. The molecule has 0 spiro atoms. The van der Waals surface area contributed by atoms with Gasteiger partial charge in [-0.2, -0.15) is 0 Å². The molecule has 242 valence electrons. The van der Waals surface area contributed by atoms with Crippen molar-refractivity contribution in [3.05, 3.63) is 187 Å². The maximum Gasteiger partial charge on any atom is 0.0540 e. The molecular formula is C49H35NS. The van der Waals surface area contributed by atoms with Gasteiger partial charge in [-0.15, -0.1) is 11.3 Å². The van der Waals surface area contributed by atoms with Gasteiger partial charge in [0.1, 0.15) is 0 Å². The fraction of sp³-hybridized carbons (Fsp3) is 0.0612. The average Bonchev–Trinajstić information content (AvgIpc) is 3.67. The highest BCUT2D eigenvalue weighted by Gasteiger charge is 2.35. The fourth-order valence-corrected chi connectivity index (χ4v) is 9.40. The topological polar surface area (TPSA) is 3.24 Å². The van der Waals surface area contributed by atoms with Crippen LogP contribution in [-0.4, -0.2) is 0 Å². The third-order valence-corrected chi connectivity index (χ3v) is 12.0. The molecule has 1 nitrogen and oxygen atoms in total. The molecular weight excluding hydrogens is 635 g/mol. The molecule has 10 rings (SSSR count). The fourth-order valence-electron chi connectivity index (χ4n) is 8.31. The smallest absolute Gasteiger partial charge is 0.0540 e. The Morgan fingerprint density at radius 1 is 0.392 bits per heavy atom. The van der Waals surface area contributed by atoms with Crippen LogP contribution in [0.15, 0.2) is 176 Å². The standard InChI is InChI=1S/C49H35NS/c1-49(2)44-18-10-8-15-39(44)40-26-22-33(31-45(40)49)32-20-24-36(25-21-32)50(35-12-4-3-5-13-35)46-28-27-37(38-14-6-7-16-41(38)46)34-23-29-48-43(30-34)42-17-9-11-19-47(42)51-48/h3-31H,1-2H3. The highest BCUT2D eigenvalue weighted by molar-refractivity contribution is 7.25. The van der Waals surface area contributed by atoms with Crippen LogP contribution in [-0.2, 0) is 5.41 Å². The Bertz CT molecular complexity index is 2770. The molecule has 8 aromatic carbocycles. The molecule has 1 heterocycles. The average molecular weight is 670 g/mol. The van der Waals surface area contributed by atoms with Gasteiger partial charge in [0.15, 0.2) is 0 Å². The van der Waals surface area contributed by atoms with Crippen molar-refractivity contribution in [3.63, 3.8) is 0 Å². The number of rotatable bonds is 5. The Hall–Kier alpha value is -5.96. The Labute approximate surface area is 302 Å². The zero-order valence-corrected chi connectivity index (χ0v) is 29.4. The summed E-state index contributed by atoms with van der Waals surface area (Å²) >= 11 is 1.87. The molecule has 0 N–H and O–H groups in total. The first kappa shape index (κ1) is 29.9. The maximum atomic E-state index is 2.40. The Morgan fingerprint density at radius 2 is 1.00 bits per heavy atom. The molecule has 51 heavy (non-hydrogen) atoms. The van der Waals surface area contributed by atoms with Crippen LogP contribution in [0.4, 0.5) is 17.1 Å². The summed E-state index contributed by atoms with van der Waals surface area (Å²) in [7, 11) is 0. The van der Waals surface area contributed by atoms with Crippen molar-refractivity contribution in [2.24, 2.45) is 0 Å². The monoisotopic (exact) mass is 669 g/mol. The SMILES string of the molecule is CC1(C)c2ccccc2-c2ccc(-c3ccc(N(c4ccccc4)c4ccc(-c5ccc6sc7ccccc7c6c5)c5ccccc45)cc3)cc21. The van der Waals surface area contributed by atoms with Gasteiger partial charge in [-0.3, -0.25) is 0 Å². The van der Waals surface area contributed by atoms with Crippen LogP contribution in [0.2, 0.25) is 0 Å². The zero-order chi connectivity index (χ0) is 34.1. The molecule has 0 radical (unpaired) electrons. The van der Waals surface area contributed by atoms with E-state index in [-0.39, 0.29) is 5.41 Å². The van der Waals surface area contributed by atoms with E-state index < -0.39 is 0 Å². The van der Waals surface area contributed by atoms with Crippen molar-refractivity contribution >= 4 is 59.3 Å². The molecule has 1 aliphatic carbocycles. The second-order valence-electron chi connectivity index (χ2n) is 14.1. The van der Waals surface area contributed by atoms with Gasteiger partial charge >= 0.3 is 0 Å². The number of benzene rings is 8. The number of nitrogens with zero attached hydrogens (tertiary/aromatic N) is 1. The van der Waals surface area contributed by atoms with Gasteiger partial charge in [0.05, 0.1) is 5.69 Å². The summed E-state index contributed by atoms with van der Waals surface area (Å²) < 4.78 is 2.66. The minimum absolute atomic E-state index is 0.0253. The molecule has 0 saturated carbocycles. The number of anilines is 3. The van der Waals surface area contributed by atoms with Crippen LogP contribution in [0.5, 0.6) is 0 Å². The van der Waals surface area contributed by atoms with Crippen molar-refractivity contribution in [3.8, 4) is 33.4 Å². The lowest BCUT2D eigenvalue weighted by Crippen LogP contribution is -2.14. The first-order valence-electron chi connectivity index (χ1n) is 17.7. The Morgan fingerprint density at radius 3 is 1.84 bits per heavy atom. The van der Waals surface area contributed by atoms with Gasteiger partial charge in [0.25, 0.3) is 0 Å². The normalized spacial score (nSPS) is 13.1. The van der Waals surface area contributed by atoms with Crippen LogP contribution < -0.4 is 4.90 Å². The van der Waals surface area contributed by atoms with Crippen LogP contribution in [0.1, 0.15) is 25.0 Å². The summed E-state index contributed by atoms with van der Waals surface area (Å²) in [6, 6.07) is 64.8. The zero-order valence-electron chi connectivity index (χ0n) is 28.6. The second kappa shape index (κ2) is 11.6. The molecule has 1 aromatic heterocycles. The van der Waals surface area contributed by atoms with Crippen LogP contribution in [0.25, 0.3) is 64.3 Å². The van der Waals surface area contributed by atoms with E-state index in [1.54, 1.807) is 0 Å². The van der Waals surface area contributed by atoms with E-state index in [0.717, 1.165) is 17.1 Å². The third kappa shape index (κ3) is 4.75. The first-order chi connectivity index (χ1) is 25.0. The Balaban J connectivity index is 1.07. The molecule has 0 atom stereocenters. The van der Waals surface area contributed by atoms with Crippen molar-refractivity contribution in [1.29, 1.82) is 0 Å². The van der Waals surface area contributed by atoms with E-state index >= 15 is 0 Å². The van der Waals surface area contributed by atoms with Crippen LogP contribution in [0, 0.1) is 0 Å². The minimum Gasteiger partial charge on any atom is -0.310 e. The van der Waals surface area contributed by atoms with Gasteiger partial charge in [0.2, 0.25) is 0 Å². The lowest BCUT2D eigenvalue weighted by Gasteiger charge is -2.27. The van der Waals surface area contributed by atoms with E-state index in [1.165, 1.54) is 75.5 Å². The summed E-state index contributed by atoms with van der Waals surface area (Å²) in [5, 5.41) is 5.11. The highest BCUT2D eigenvalue weighted by atomic mass is 32.1. The lowest BCUT2D eigenvalue weighted by atomic mass is 9.81. The summed E-state index contributed by atoms with van der Waals surface area (Å²) in [4.78, 5) is 2.40. The van der Waals surface area contributed by atoms with E-state index in [2.05, 4.69) is 195 Å².